The van der Waals surface area contributed by atoms with Gasteiger partial charge in [-0.3, -0.25) is 4.79 Å². The first-order valence-electron chi connectivity index (χ1n) is 4.97. The smallest absolute Gasteiger partial charge is 0.325 e. The van der Waals surface area contributed by atoms with Crippen molar-refractivity contribution in [3.8, 4) is 5.75 Å². The van der Waals surface area contributed by atoms with E-state index in [9.17, 15) is 4.79 Å². The van der Waals surface area contributed by atoms with Gasteiger partial charge < -0.3 is 4.74 Å². The fourth-order valence-corrected chi connectivity index (χ4v) is 2.37. The molecule has 0 bridgehead atoms. The van der Waals surface area contributed by atoms with Crippen molar-refractivity contribution in [1.29, 1.82) is 0 Å². The molecule has 6 heteroatoms. The summed E-state index contributed by atoms with van der Waals surface area (Å²) in [6.45, 7) is 2.16. The van der Waals surface area contributed by atoms with Crippen LogP contribution in [0.4, 0.5) is 0 Å². The first-order valence-corrected chi connectivity index (χ1v) is 6.17. The Balaban J connectivity index is 2.36. The van der Waals surface area contributed by atoms with Gasteiger partial charge in [0.15, 0.2) is 0 Å². The molecule has 0 spiro atoms. The van der Waals surface area contributed by atoms with Crippen molar-refractivity contribution in [2.45, 2.75) is 13.5 Å². The van der Waals surface area contributed by atoms with Crippen LogP contribution in [0.2, 0.25) is 5.02 Å². The Kier molecular flexibility index (Phi) is 3.49. The van der Waals surface area contributed by atoms with Crippen LogP contribution < -0.4 is 9.61 Å². The molecule has 4 nitrogen and oxygen atoms in total. The topological polar surface area (TPSA) is 44.1 Å². The third-order valence-corrected chi connectivity index (χ3v) is 3.48. The summed E-state index contributed by atoms with van der Waals surface area (Å²) in [4.78, 5) is 11.5. The molecule has 1 heterocycles. The zero-order valence-corrected chi connectivity index (χ0v) is 11.0. The molecule has 0 unspecified atom stereocenters. The summed E-state index contributed by atoms with van der Waals surface area (Å²) >= 11 is 7.28. The van der Waals surface area contributed by atoms with Crippen LogP contribution in [0.3, 0.4) is 0 Å². The van der Waals surface area contributed by atoms with Gasteiger partial charge in [-0.2, -0.15) is 5.10 Å². The minimum Gasteiger partial charge on any atom is -0.495 e. The molecule has 0 fully saturated rings. The van der Waals surface area contributed by atoms with E-state index in [2.05, 4.69) is 5.10 Å². The van der Waals surface area contributed by atoms with Crippen LogP contribution >= 0.6 is 22.9 Å². The first kappa shape index (κ1) is 12.1. The van der Waals surface area contributed by atoms with Crippen molar-refractivity contribution < 1.29 is 4.74 Å². The van der Waals surface area contributed by atoms with Gasteiger partial charge in [0.1, 0.15) is 10.8 Å². The summed E-state index contributed by atoms with van der Waals surface area (Å²) in [5.74, 6) is 0.601. The molecule has 0 aliphatic rings. The Labute approximate surface area is 107 Å². The molecule has 2 aromatic rings. The molecular weight excluding hydrogens is 260 g/mol. The van der Waals surface area contributed by atoms with Gasteiger partial charge in [0, 0.05) is 0 Å². The van der Waals surface area contributed by atoms with Crippen LogP contribution in [0, 0.1) is 6.92 Å². The number of aromatic nitrogens is 2. The van der Waals surface area contributed by atoms with Crippen LogP contribution in [0.25, 0.3) is 0 Å². The highest BCUT2D eigenvalue weighted by molar-refractivity contribution is 7.08. The molecule has 0 radical (unpaired) electrons. The molecule has 0 saturated carbocycles. The Hall–Kier alpha value is -1.33. The van der Waals surface area contributed by atoms with Crippen molar-refractivity contribution in [1.82, 2.24) is 9.78 Å². The number of benzene rings is 1. The molecule has 90 valence electrons. The molecular formula is C11H11ClN2O2S. The number of nitrogens with zero attached hydrogens (tertiary/aromatic N) is 2. The molecule has 0 amide bonds. The quantitative estimate of drug-likeness (QED) is 0.860. The Morgan fingerprint density at radius 2 is 2.29 bits per heavy atom. The van der Waals surface area contributed by atoms with E-state index in [-0.39, 0.29) is 4.87 Å². The largest absolute Gasteiger partial charge is 0.495 e. The molecule has 2 rings (SSSR count). The second kappa shape index (κ2) is 4.89. The van der Waals surface area contributed by atoms with Crippen molar-refractivity contribution in [2.24, 2.45) is 0 Å². The van der Waals surface area contributed by atoms with Gasteiger partial charge in [-0.05, 0) is 18.6 Å². The first-order chi connectivity index (χ1) is 8.11. The average Bonchev–Trinajstić information content (AvgIpc) is 2.60. The predicted molar refractivity (Wildman–Crippen MR) is 68.2 cm³/mol. The summed E-state index contributed by atoms with van der Waals surface area (Å²) < 4.78 is 6.53. The second-order valence-electron chi connectivity index (χ2n) is 3.48. The number of hydrogen-bond acceptors (Lipinski definition) is 4. The van der Waals surface area contributed by atoms with Gasteiger partial charge in [-0.15, -0.1) is 0 Å². The maximum Gasteiger partial charge on any atom is 0.325 e. The highest BCUT2D eigenvalue weighted by Gasteiger charge is 2.09. The second-order valence-corrected chi connectivity index (χ2v) is 5.00. The number of aryl methyl sites for hydroxylation is 1. The van der Waals surface area contributed by atoms with Crippen molar-refractivity contribution in [2.75, 3.05) is 7.11 Å². The van der Waals surface area contributed by atoms with Gasteiger partial charge in [0.2, 0.25) is 0 Å². The van der Waals surface area contributed by atoms with Gasteiger partial charge >= 0.3 is 4.87 Å². The Bertz CT molecular complexity index is 591. The molecule has 0 N–H and O–H groups in total. The normalized spacial score (nSPS) is 10.5. The van der Waals surface area contributed by atoms with Crippen molar-refractivity contribution in [3.63, 3.8) is 0 Å². The van der Waals surface area contributed by atoms with E-state index in [0.717, 1.165) is 21.9 Å². The van der Waals surface area contributed by atoms with Crippen LogP contribution in [-0.4, -0.2) is 16.9 Å². The van der Waals surface area contributed by atoms with E-state index < -0.39 is 0 Å². The highest BCUT2D eigenvalue weighted by atomic mass is 35.5. The number of halogens is 1. The van der Waals surface area contributed by atoms with E-state index in [1.807, 2.05) is 12.1 Å². The monoisotopic (exact) mass is 270 g/mol. The zero-order valence-electron chi connectivity index (χ0n) is 9.44. The molecule has 17 heavy (non-hydrogen) atoms. The lowest BCUT2D eigenvalue weighted by molar-refractivity contribution is 0.414. The number of ether oxygens (including phenoxy) is 1. The maximum absolute atomic E-state index is 11.6. The standard InChI is InChI=1S/C11H11ClN2O2S/c1-7-13-14(11(15)17-7)6-8-4-3-5-9(16-2)10(8)12/h3-5H,6H2,1-2H3. The third-order valence-electron chi connectivity index (χ3n) is 2.29. The predicted octanol–water partition coefficient (Wildman–Crippen LogP) is 2.32. The van der Waals surface area contributed by atoms with Gasteiger partial charge in [-0.1, -0.05) is 35.1 Å². The van der Waals surface area contributed by atoms with Crippen LogP contribution in [0.15, 0.2) is 23.0 Å². The SMILES string of the molecule is COc1cccc(Cn2nc(C)sc2=O)c1Cl. The third kappa shape index (κ3) is 2.50. The molecule has 0 saturated heterocycles. The van der Waals surface area contributed by atoms with Crippen LogP contribution in [0.5, 0.6) is 5.75 Å². The lowest BCUT2D eigenvalue weighted by Gasteiger charge is -2.07. The number of methoxy groups -OCH3 is 1. The van der Waals surface area contributed by atoms with Crippen molar-refractivity contribution in [3.05, 3.63) is 43.5 Å². The summed E-state index contributed by atoms with van der Waals surface area (Å²) in [7, 11) is 1.56. The molecule has 0 aliphatic carbocycles. The lowest BCUT2D eigenvalue weighted by atomic mass is 10.2. The van der Waals surface area contributed by atoms with Crippen molar-refractivity contribution >= 4 is 22.9 Å². The molecule has 1 aromatic heterocycles. The minimum absolute atomic E-state index is 0.0820. The fraction of sp³-hybridized carbons (Fsp3) is 0.273. The lowest BCUT2D eigenvalue weighted by Crippen LogP contribution is -2.15. The van der Waals surface area contributed by atoms with Gasteiger partial charge in [0.25, 0.3) is 0 Å². The average molecular weight is 271 g/mol. The van der Waals surface area contributed by atoms with E-state index in [0.29, 0.717) is 17.3 Å². The zero-order chi connectivity index (χ0) is 12.4. The summed E-state index contributed by atoms with van der Waals surface area (Å²) in [5.41, 5.74) is 0.818. The number of hydrogen-bond donors (Lipinski definition) is 0. The van der Waals surface area contributed by atoms with Gasteiger partial charge in [0.05, 0.1) is 18.7 Å². The summed E-state index contributed by atoms with van der Waals surface area (Å²) in [6, 6.07) is 5.47. The summed E-state index contributed by atoms with van der Waals surface area (Å²) in [5, 5.41) is 5.39. The van der Waals surface area contributed by atoms with Crippen LogP contribution in [0.1, 0.15) is 10.6 Å². The number of rotatable bonds is 3. The minimum atomic E-state index is -0.0820. The van der Waals surface area contributed by atoms with E-state index in [1.165, 1.54) is 4.68 Å². The fourth-order valence-electron chi connectivity index (χ4n) is 1.51. The molecule has 0 aliphatic heterocycles. The van der Waals surface area contributed by atoms with E-state index in [1.54, 1.807) is 20.1 Å². The van der Waals surface area contributed by atoms with E-state index in [4.69, 9.17) is 16.3 Å². The van der Waals surface area contributed by atoms with Gasteiger partial charge in [-0.25, -0.2) is 4.68 Å². The molecule has 0 atom stereocenters. The summed E-state index contributed by atoms with van der Waals surface area (Å²) in [6.07, 6.45) is 0. The highest BCUT2D eigenvalue weighted by Crippen LogP contribution is 2.27. The van der Waals surface area contributed by atoms with Crippen LogP contribution in [-0.2, 0) is 6.54 Å². The Morgan fingerprint density at radius 1 is 1.53 bits per heavy atom. The van der Waals surface area contributed by atoms with E-state index >= 15 is 0 Å². The maximum atomic E-state index is 11.6. The molecule has 1 aromatic carbocycles. The Morgan fingerprint density at radius 3 is 2.88 bits per heavy atom.